The molecule has 0 saturated heterocycles. The number of benzene rings is 1. The van der Waals surface area contributed by atoms with Crippen molar-refractivity contribution >= 4 is 23.1 Å². The van der Waals surface area contributed by atoms with Crippen molar-refractivity contribution in [3.63, 3.8) is 0 Å². The molecule has 0 saturated carbocycles. The van der Waals surface area contributed by atoms with Crippen LogP contribution in [0.25, 0.3) is 0 Å². The minimum Gasteiger partial charge on any atom is -0.380 e. The third kappa shape index (κ3) is 4.51. The molecule has 1 aromatic carbocycles. The molecule has 0 fully saturated rings. The van der Waals surface area contributed by atoms with Gasteiger partial charge in [0, 0.05) is 30.2 Å². The topological polar surface area (TPSA) is 84.0 Å². The summed E-state index contributed by atoms with van der Waals surface area (Å²) in [5, 5.41) is 5.99. The summed E-state index contributed by atoms with van der Waals surface area (Å²) in [6.07, 6.45) is 5.09. The van der Waals surface area contributed by atoms with Crippen molar-refractivity contribution in [2.24, 2.45) is 0 Å². The summed E-state index contributed by atoms with van der Waals surface area (Å²) in [4.78, 5) is 31.9. The summed E-state index contributed by atoms with van der Waals surface area (Å²) in [5.41, 5.74) is 3.33. The monoisotopic (exact) mass is 346 g/mol. The molecule has 0 atom stereocenters. The molecular formula is C20H18N4O2. The third-order valence-corrected chi connectivity index (χ3v) is 3.77. The molecule has 130 valence electrons. The van der Waals surface area contributed by atoms with Gasteiger partial charge in [-0.1, -0.05) is 12.1 Å². The Hall–Kier alpha value is -3.54. The largest absolute Gasteiger partial charge is 0.380 e. The molecule has 26 heavy (non-hydrogen) atoms. The molecule has 3 rings (SSSR count). The van der Waals surface area contributed by atoms with Gasteiger partial charge in [0.2, 0.25) is 0 Å². The molecule has 0 radical (unpaired) electrons. The molecule has 6 heteroatoms. The molecular weight excluding hydrogens is 328 g/mol. The fraction of sp³-hybridized carbons (Fsp3) is 0.100. The Morgan fingerprint density at radius 2 is 1.81 bits per heavy atom. The van der Waals surface area contributed by atoms with E-state index in [-0.39, 0.29) is 11.7 Å². The van der Waals surface area contributed by atoms with Crippen molar-refractivity contribution in [2.45, 2.75) is 13.5 Å². The van der Waals surface area contributed by atoms with Gasteiger partial charge in [-0.05, 0) is 48.9 Å². The van der Waals surface area contributed by atoms with Crippen LogP contribution in [0, 0.1) is 0 Å². The molecule has 3 aromatic rings. The SMILES string of the molecule is CC(=O)c1cccc(NC(=O)c2ccc(NCc3ccncc3)cn2)c1. The van der Waals surface area contributed by atoms with Crippen LogP contribution in [-0.2, 0) is 6.54 Å². The van der Waals surface area contributed by atoms with Crippen molar-refractivity contribution in [2.75, 3.05) is 10.6 Å². The maximum Gasteiger partial charge on any atom is 0.274 e. The van der Waals surface area contributed by atoms with Crippen molar-refractivity contribution in [3.05, 3.63) is 83.9 Å². The van der Waals surface area contributed by atoms with Gasteiger partial charge in [0.05, 0.1) is 11.9 Å². The number of rotatable bonds is 6. The summed E-state index contributed by atoms with van der Waals surface area (Å²) in [6.45, 7) is 2.13. The second kappa shape index (κ2) is 8.02. The van der Waals surface area contributed by atoms with Crippen molar-refractivity contribution in [3.8, 4) is 0 Å². The lowest BCUT2D eigenvalue weighted by molar-refractivity contribution is 0.100. The van der Waals surface area contributed by atoms with Gasteiger partial charge in [-0.3, -0.25) is 14.6 Å². The van der Waals surface area contributed by atoms with Crippen LogP contribution in [0.2, 0.25) is 0 Å². The van der Waals surface area contributed by atoms with E-state index in [0.29, 0.717) is 23.5 Å². The number of nitrogens with zero attached hydrogens (tertiary/aromatic N) is 2. The molecule has 2 aromatic heterocycles. The summed E-state index contributed by atoms with van der Waals surface area (Å²) in [5.74, 6) is -0.379. The molecule has 0 unspecified atom stereocenters. The molecule has 0 aliphatic rings. The standard InChI is InChI=1S/C20H18N4O2/c1-14(25)16-3-2-4-17(11-16)24-20(26)19-6-5-18(13-23-19)22-12-15-7-9-21-10-8-15/h2-11,13,22H,12H2,1H3,(H,24,26). The molecule has 0 spiro atoms. The molecule has 0 aliphatic carbocycles. The minimum absolute atomic E-state index is 0.0520. The van der Waals surface area contributed by atoms with Crippen LogP contribution in [0.15, 0.2) is 67.1 Å². The second-order valence-corrected chi connectivity index (χ2v) is 5.73. The number of nitrogens with one attached hydrogen (secondary N) is 2. The summed E-state index contributed by atoms with van der Waals surface area (Å²) >= 11 is 0. The highest BCUT2D eigenvalue weighted by molar-refractivity contribution is 6.04. The minimum atomic E-state index is -0.327. The first kappa shape index (κ1) is 17.3. The quantitative estimate of drug-likeness (QED) is 0.667. The Morgan fingerprint density at radius 1 is 1.00 bits per heavy atom. The summed E-state index contributed by atoms with van der Waals surface area (Å²) in [6, 6.07) is 14.1. The fourth-order valence-electron chi connectivity index (χ4n) is 2.35. The zero-order chi connectivity index (χ0) is 18.4. The Labute approximate surface area is 151 Å². The molecule has 2 heterocycles. The summed E-state index contributed by atoms with van der Waals surface area (Å²) in [7, 11) is 0. The number of amides is 1. The highest BCUT2D eigenvalue weighted by Crippen LogP contribution is 2.13. The lowest BCUT2D eigenvalue weighted by Gasteiger charge is -2.08. The van der Waals surface area contributed by atoms with Crippen molar-refractivity contribution in [1.29, 1.82) is 0 Å². The normalized spacial score (nSPS) is 10.2. The maximum atomic E-state index is 12.3. The number of carbonyl (C=O) groups excluding carboxylic acids is 2. The first-order valence-electron chi connectivity index (χ1n) is 8.13. The van der Waals surface area contributed by atoms with Crippen LogP contribution in [0.5, 0.6) is 0 Å². The van der Waals surface area contributed by atoms with E-state index < -0.39 is 0 Å². The number of ketones is 1. The molecule has 0 aliphatic heterocycles. The Bertz CT molecular complexity index is 909. The van der Waals surface area contributed by atoms with E-state index in [4.69, 9.17) is 0 Å². The second-order valence-electron chi connectivity index (χ2n) is 5.73. The van der Waals surface area contributed by atoms with Gasteiger partial charge in [0.25, 0.3) is 5.91 Å². The van der Waals surface area contributed by atoms with Crippen LogP contribution in [0.3, 0.4) is 0 Å². The van der Waals surface area contributed by atoms with Gasteiger partial charge in [0.1, 0.15) is 5.69 Å². The number of hydrogen-bond acceptors (Lipinski definition) is 5. The van der Waals surface area contributed by atoms with E-state index in [0.717, 1.165) is 11.3 Å². The van der Waals surface area contributed by atoms with E-state index in [9.17, 15) is 9.59 Å². The van der Waals surface area contributed by atoms with E-state index in [1.165, 1.54) is 6.92 Å². The van der Waals surface area contributed by atoms with Gasteiger partial charge in [0.15, 0.2) is 5.78 Å². The van der Waals surface area contributed by atoms with Gasteiger partial charge < -0.3 is 10.6 Å². The van der Waals surface area contributed by atoms with E-state index in [1.54, 1.807) is 55.0 Å². The highest BCUT2D eigenvalue weighted by atomic mass is 16.2. The van der Waals surface area contributed by atoms with Crippen molar-refractivity contribution < 1.29 is 9.59 Å². The van der Waals surface area contributed by atoms with Gasteiger partial charge in [-0.15, -0.1) is 0 Å². The van der Waals surface area contributed by atoms with Gasteiger partial charge >= 0.3 is 0 Å². The first-order chi connectivity index (χ1) is 12.6. The number of Topliss-reactive ketones (excluding diaryl/α,β-unsaturated/α-hetero) is 1. The van der Waals surface area contributed by atoms with Crippen LogP contribution < -0.4 is 10.6 Å². The molecule has 0 bridgehead atoms. The molecule has 2 N–H and O–H groups in total. The fourth-order valence-corrected chi connectivity index (χ4v) is 2.35. The first-order valence-corrected chi connectivity index (χ1v) is 8.13. The predicted octanol–water partition coefficient (Wildman–Crippen LogP) is 3.54. The van der Waals surface area contributed by atoms with Crippen LogP contribution in [-0.4, -0.2) is 21.7 Å². The smallest absolute Gasteiger partial charge is 0.274 e. The Kier molecular flexibility index (Phi) is 5.34. The number of carbonyl (C=O) groups is 2. The van der Waals surface area contributed by atoms with E-state index >= 15 is 0 Å². The number of aromatic nitrogens is 2. The number of hydrogen-bond donors (Lipinski definition) is 2. The zero-order valence-electron chi connectivity index (χ0n) is 14.3. The Morgan fingerprint density at radius 3 is 2.50 bits per heavy atom. The summed E-state index contributed by atoms with van der Waals surface area (Å²) < 4.78 is 0. The van der Waals surface area contributed by atoms with E-state index in [2.05, 4.69) is 20.6 Å². The molecule has 6 nitrogen and oxygen atoms in total. The average Bonchev–Trinajstić information content (AvgIpc) is 2.68. The lowest BCUT2D eigenvalue weighted by atomic mass is 10.1. The van der Waals surface area contributed by atoms with Crippen LogP contribution >= 0.6 is 0 Å². The average molecular weight is 346 g/mol. The highest BCUT2D eigenvalue weighted by Gasteiger charge is 2.09. The third-order valence-electron chi connectivity index (χ3n) is 3.77. The van der Waals surface area contributed by atoms with Crippen molar-refractivity contribution in [1.82, 2.24) is 9.97 Å². The van der Waals surface area contributed by atoms with Crippen LogP contribution in [0.4, 0.5) is 11.4 Å². The Balaban J connectivity index is 1.61. The maximum absolute atomic E-state index is 12.3. The van der Waals surface area contributed by atoms with Gasteiger partial charge in [-0.25, -0.2) is 4.98 Å². The predicted molar refractivity (Wildman–Crippen MR) is 100 cm³/mol. The van der Waals surface area contributed by atoms with Crippen LogP contribution in [0.1, 0.15) is 33.3 Å². The number of anilines is 2. The lowest BCUT2D eigenvalue weighted by Crippen LogP contribution is -2.14. The van der Waals surface area contributed by atoms with E-state index in [1.807, 2.05) is 12.1 Å². The zero-order valence-corrected chi connectivity index (χ0v) is 14.3. The number of pyridine rings is 2. The van der Waals surface area contributed by atoms with Gasteiger partial charge in [-0.2, -0.15) is 0 Å². The molecule has 1 amide bonds.